The van der Waals surface area contributed by atoms with Gasteiger partial charge in [-0.25, -0.2) is 0 Å². The molecular weight excluding hydrogens is 242 g/mol. The fourth-order valence-corrected chi connectivity index (χ4v) is 1.99. The number of benzene rings is 1. The maximum atomic E-state index is 11.6. The SMILES string of the molecule is O=C1CCCNC1c1ccc(Br)cc1. The standard InChI is InChI=1S/C11H12BrNO/c12-9-5-3-8(4-6-9)11-10(14)2-1-7-13-11/h3-6,11,13H,1-2,7H2. The van der Waals surface area contributed by atoms with Gasteiger partial charge in [0, 0.05) is 10.9 Å². The lowest BCUT2D eigenvalue weighted by atomic mass is 9.96. The first-order chi connectivity index (χ1) is 6.77. The van der Waals surface area contributed by atoms with E-state index in [1.165, 1.54) is 0 Å². The summed E-state index contributed by atoms with van der Waals surface area (Å²) in [6.45, 7) is 0.937. The maximum Gasteiger partial charge on any atom is 0.154 e. The lowest BCUT2D eigenvalue weighted by molar-refractivity contribution is -0.122. The average Bonchev–Trinajstić information content (AvgIpc) is 2.20. The molecule has 1 aromatic carbocycles. The molecule has 0 saturated carbocycles. The molecule has 1 fully saturated rings. The van der Waals surface area contributed by atoms with Crippen molar-refractivity contribution in [1.82, 2.24) is 5.32 Å². The predicted molar refractivity (Wildman–Crippen MR) is 59.1 cm³/mol. The largest absolute Gasteiger partial charge is 0.304 e. The Morgan fingerprint density at radius 1 is 1.29 bits per heavy atom. The molecule has 0 aromatic heterocycles. The zero-order valence-corrected chi connectivity index (χ0v) is 9.38. The molecule has 3 heteroatoms. The summed E-state index contributed by atoms with van der Waals surface area (Å²) in [7, 11) is 0. The fourth-order valence-electron chi connectivity index (χ4n) is 1.73. The molecule has 1 atom stereocenters. The van der Waals surface area contributed by atoms with Crippen molar-refractivity contribution in [2.75, 3.05) is 6.54 Å². The lowest BCUT2D eigenvalue weighted by Crippen LogP contribution is -2.34. The summed E-state index contributed by atoms with van der Waals surface area (Å²) < 4.78 is 1.05. The fraction of sp³-hybridized carbons (Fsp3) is 0.364. The van der Waals surface area contributed by atoms with E-state index in [4.69, 9.17) is 0 Å². The van der Waals surface area contributed by atoms with Crippen molar-refractivity contribution in [3.05, 3.63) is 34.3 Å². The number of carbonyl (C=O) groups excluding carboxylic acids is 1. The molecular formula is C11H12BrNO. The predicted octanol–water partition coefficient (Wildman–Crippen LogP) is 2.44. The van der Waals surface area contributed by atoms with Gasteiger partial charge < -0.3 is 5.32 Å². The number of nitrogens with one attached hydrogen (secondary N) is 1. The molecule has 74 valence electrons. The summed E-state index contributed by atoms with van der Waals surface area (Å²) in [5.74, 6) is 0.304. The molecule has 14 heavy (non-hydrogen) atoms. The Hall–Kier alpha value is -0.670. The Morgan fingerprint density at radius 3 is 2.64 bits per heavy atom. The molecule has 0 amide bonds. The molecule has 0 aliphatic carbocycles. The van der Waals surface area contributed by atoms with E-state index in [1.54, 1.807) is 0 Å². The summed E-state index contributed by atoms with van der Waals surface area (Å²) in [5, 5.41) is 3.24. The number of halogens is 1. The minimum Gasteiger partial charge on any atom is -0.304 e. The average molecular weight is 254 g/mol. The Morgan fingerprint density at radius 2 is 2.00 bits per heavy atom. The van der Waals surface area contributed by atoms with E-state index in [1.807, 2.05) is 24.3 Å². The summed E-state index contributed by atoms with van der Waals surface area (Å²) in [5.41, 5.74) is 1.07. The van der Waals surface area contributed by atoms with Crippen LogP contribution >= 0.6 is 15.9 Å². The van der Waals surface area contributed by atoms with Crippen LogP contribution in [0, 0.1) is 0 Å². The summed E-state index contributed by atoms with van der Waals surface area (Å²) in [4.78, 5) is 11.6. The third kappa shape index (κ3) is 2.04. The van der Waals surface area contributed by atoms with Gasteiger partial charge in [0.1, 0.15) is 0 Å². The van der Waals surface area contributed by atoms with Crippen LogP contribution in [0.15, 0.2) is 28.7 Å². The minimum atomic E-state index is -0.0863. The minimum absolute atomic E-state index is 0.0863. The topological polar surface area (TPSA) is 29.1 Å². The number of hydrogen-bond acceptors (Lipinski definition) is 2. The van der Waals surface area contributed by atoms with Gasteiger partial charge in [0.15, 0.2) is 5.78 Å². The van der Waals surface area contributed by atoms with Crippen molar-refractivity contribution < 1.29 is 4.79 Å². The van der Waals surface area contributed by atoms with Crippen molar-refractivity contribution in [2.45, 2.75) is 18.9 Å². The van der Waals surface area contributed by atoms with Crippen LogP contribution in [0.3, 0.4) is 0 Å². The van der Waals surface area contributed by atoms with Gasteiger partial charge in [0.25, 0.3) is 0 Å². The third-order valence-corrected chi connectivity index (χ3v) is 3.00. The highest BCUT2D eigenvalue weighted by molar-refractivity contribution is 9.10. The number of hydrogen-bond donors (Lipinski definition) is 1. The van der Waals surface area contributed by atoms with E-state index in [2.05, 4.69) is 21.2 Å². The Kier molecular flexibility index (Phi) is 2.99. The second-order valence-corrected chi connectivity index (χ2v) is 4.42. The molecule has 1 saturated heterocycles. The Bertz CT molecular complexity index is 334. The van der Waals surface area contributed by atoms with E-state index >= 15 is 0 Å². The van der Waals surface area contributed by atoms with E-state index in [9.17, 15) is 4.79 Å². The van der Waals surface area contributed by atoms with Crippen molar-refractivity contribution >= 4 is 21.7 Å². The molecule has 1 heterocycles. The third-order valence-electron chi connectivity index (χ3n) is 2.47. The van der Waals surface area contributed by atoms with Crippen molar-refractivity contribution in [3.8, 4) is 0 Å². The van der Waals surface area contributed by atoms with Crippen molar-refractivity contribution in [3.63, 3.8) is 0 Å². The van der Waals surface area contributed by atoms with Crippen LogP contribution in [-0.4, -0.2) is 12.3 Å². The molecule has 1 unspecified atom stereocenters. The molecule has 1 N–H and O–H groups in total. The molecule has 0 spiro atoms. The first-order valence-electron chi connectivity index (χ1n) is 4.79. The first-order valence-corrected chi connectivity index (χ1v) is 5.58. The van der Waals surface area contributed by atoms with E-state index in [0.29, 0.717) is 12.2 Å². The van der Waals surface area contributed by atoms with Crippen LogP contribution < -0.4 is 5.32 Å². The van der Waals surface area contributed by atoms with Gasteiger partial charge in [-0.2, -0.15) is 0 Å². The Balaban J connectivity index is 2.20. The van der Waals surface area contributed by atoms with Crippen LogP contribution in [-0.2, 0) is 4.79 Å². The van der Waals surface area contributed by atoms with Gasteiger partial charge in [-0.1, -0.05) is 28.1 Å². The summed E-state index contributed by atoms with van der Waals surface area (Å²) in [6, 6.07) is 7.84. The second-order valence-electron chi connectivity index (χ2n) is 3.51. The van der Waals surface area contributed by atoms with Gasteiger partial charge in [-0.15, -0.1) is 0 Å². The number of rotatable bonds is 1. The van der Waals surface area contributed by atoms with Crippen LogP contribution in [0.25, 0.3) is 0 Å². The van der Waals surface area contributed by atoms with Gasteiger partial charge >= 0.3 is 0 Å². The number of carbonyl (C=O) groups is 1. The molecule has 0 bridgehead atoms. The smallest absolute Gasteiger partial charge is 0.154 e. The van der Waals surface area contributed by atoms with Crippen LogP contribution in [0.2, 0.25) is 0 Å². The van der Waals surface area contributed by atoms with Gasteiger partial charge in [0.05, 0.1) is 6.04 Å². The first kappa shape index (κ1) is 9.87. The van der Waals surface area contributed by atoms with Crippen LogP contribution in [0.4, 0.5) is 0 Å². The summed E-state index contributed by atoms with van der Waals surface area (Å²) >= 11 is 3.38. The van der Waals surface area contributed by atoms with Crippen LogP contribution in [0.1, 0.15) is 24.4 Å². The van der Waals surface area contributed by atoms with Gasteiger partial charge in [-0.05, 0) is 30.7 Å². The normalized spacial score (nSPS) is 22.4. The van der Waals surface area contributed by atoms with E-state index in [0.717, 1.165) is 23.0 Å². The number of ketones is 1. The van der Waals surface area contributed by atoms with Gasteiger partial charge in [0.2, 0.25) is 0 Å². The quantitative estimate of drug-likeness (QED) is 0.834. The highest BCUT2D eigenvalue weighted by atomic mass is 79.9. The van der Waals surface area contributed by atoms with Crippen LogP contribution in [0.5, 0.6) is 0 Å². The highest BCUT2D eigenvalue weighted by Gasteiger charge is 2.22. The monoisotopic (exact) mass is 253 g/mol. The molecule has 1 aliphatic heterocycles. The Labute approximate surface area is 91.8 Å². The lowest BCUT2D eigenvalue weighted by Gasteiger charge is -2.22. The van der Waals surface area contributed by atoms with Crippen molar-refractivity contribution in [2.24, 2.45) is 0 Å². The van der Waals surface area contributed by atoms with E-state index in [-0.39, 0.29) is 6.04 Å². The zero-order valence-electron chi connectivity index (χ0n) is 7.79. The molecule has 0 radical (unpaired) electrons. The molecule has 1 aliphatic rings. The molecule has 1 aromatic rings. The molecule has 2 nitrogen and oxygen atoms in total. The zero-order chi connectivity index (χ0) is 9.97. The maximum absolute atomic E-state index is 11.6. The second kappa shape index (κ2) is 4.24. The van der Waals surface area contributed by atoms with E-state index < -0.39 is 0 Å². The summed E-state index contributed by atoms with van der Waals surface area (Å²) in [6.07, 6.45) is 1.67. The number of piperidine rings is 1. The van der Waals surface area contributed by atoms with Gasteiger partial charge in [-0.3, -0.25) is 4.79 Å². The number of Topliss-reactive ketones (excluding diaryl/α,β-unsaturated/α-hetero) is 1. The molecule has 2 rings (SSSR count). The highest BCUT2D eigenvalue weighted by Crippen LogP contribution is 2.21. The van der Waals surface area contributed by atoms with Crippen molar-refractivity contribution in [1.29, 1.82) is 0 Å².